The molecule has 3 aliphatic rings. The Balaban J connectivity index is 1.51. The number of hydrogen-bond donors (Lipinski definition) is 0. The van der Waals surface area contributed by atoms with Crippen LogP contribution in [0.4, 0.5) is 34.1 Å². The SMILES string of the molecule is CC(C)(C)c1cccc(N2c3cc(C(C)(C)C)ccc3B3c4cc5c(cc4N(c4ccccc4)c4cc(C(C)(C)C)cc2c43)CCCC5)c1. The van der Waals surface area contributed by atoms with Crippen LogP contribution >= 0.6 is 0 Å². The molecule has 0 atom stereocenters. The van der Waals surface area contributed by atoms with Crippen molar-refractivity contribution < 1.29 is 0 Å². The first-order chi connectivity index (χ1) is 23.2. The predicted octanol–water partition coefficient (Wildman–Crippen LogP) is 10.5. The lowest BCUT2D eigenvalue weighted by molar-refractivity contribution is 0.590. The highest BCUT2D eigenvalue weighted by molar-refractivity contribution is 7.00. The molecule has 248 valence electrons. The predicted molar refractivity (Wildman–Crippen MR) is 213 cm³/mol. The summed E-state index contributed by atoms with van der Waals surface area (Å²) in [6, 6.07) is 38.0. The third-order valence-electron chi connectivity index (χ3n) is 11.2. The zero-order valence-electron chi connectivity index (χ0n) is 31.0. The summed E-state index contributed by atoms with van der Waals surface area (Å²) in [5, 5.41) is 0. The van der Waals surface area contributed by atoms with E-state index in [1.165, 1.54) is 98.4 Å². The van der Waals surface area contributed by atoms with Crippen LogP contribution in [-0.4, -0.2) is 6.71 Å². The Bertz CT molecular complexity index is 2090. The van der Waals surface area contributed by atoms with Crippen LogP contribution in [0.2, 0.25) is 0 Å². The molecule has 5 aromatic carbocycles. The molecule has 0 spiro atoms. The van der Waals surface area contributed by atoms with Crippen molar-refractivity contribution in [3.63, 3.8) is 0 Å². The maximum Gasteiger partial charge on any atom is 0.252 e. The molecule has 0 radical (unpaired) electrons. The standard InChI is InChI=1S/C46H51BN2/c1-44(2,3)32-18-15-21-36(26-32)49-40-27-33(45(4,5)6)22-23-37(40)47-38-24-30-16-13-14-17-31(30)25-39(38)48(35-19-11-10-12-20-35)41-28-34(46(7,8)9)29-42(49)43(41)47/h10-12,15,18-29H,13-14,16-17H2,1-9H3. The third kappa shape index (κ3) is 5.32. The lowest BCUT2D eigenvalue weighted by Crippen LogP contribution is -2.61. The van der Waals surface area contributed by atoms with Crippen LogP contribution in [0.1, 0.15) is 103 Å². The van der Waals surface area contributed by atoms with E-state index in [0.29, 0.717) is 0 Å². The van der Waals surface area contributed by atoms with Gasteiger partial charge in [0.1, 0.15) is 0 Å². The highest BCUT2D eigenvalue weighted by atomic mass is 15.2. The van der Waals surface area contributed by atoms with Gasteiger partial charge in [0.25, 0.3) is 6.71 Å². The number of hydrogen-bond acceptors (Lipinski definition) is 2. The summed E-state index contributed by atoms with van der Waals surface area (Å²) in [6.07, 6.45) is 4.89. The molecule has 2 heterocycles. The van der Waals surface area contributed by atoms with Gasteiger partial charge in [-0.15, -0.1) is 0 Å². The average molecular weight is 643 g/mol. The maximum atomic E-state index is 2.61. The van der Waals surface area contributed by atoms with Crippen LogP contribution in [-0.2, 0) is 29.1 Å². The molecule has 49 heavy (non-hydrogen) atoms. The number of benzene rings is 5. The van der Waals surface area contributed by atoms with E-state index in [1.54, 1.807) is 5.56 Å². The fraction of sp³-hybridized carbons (Fsp3) is 0.348. The van der Waals surface area contributed by atoms with E-state index in [2.05, 4.69) is 169 Å². The summed E-state index contributed by atoms with van der Waals surface area (Å²) in [7, 11) is 0. The first-order valence-electron chi connectivity index (χ1n) is 18.4. The Morgan fingerprint density at radius 3 is 1.61 bits per heavy atom. The van der Waals surface area contributed by atoms with Crippen LogP contribution in [0, 0.1) is 0 Å². The Morgan fingerprint density at radius 2 is 0.980 bits per heavy atom. The third-order valence-corrected chi connectivity index (χ3v) is 11.2. The minimum atomic E-state index is -0.0357. The van der Waals surface area contributed by atoms with E-state index >= 15 is 0 Å². The number of fused-ring (bicyclic) bond motifs is 5. The van der Waals surface area contributed by atoms with Crippen molar-refractivity contribution in [1.29, 1.82) is 0 Å². The number of anilines is 6. The number of aryl methyl sites for hydroxylation is 2. The monoisotopic (exact) mass is 642 g/mol. The molecule has 3 heteroatoms. The molecule has 0 saturated carbocycles. The van der Waals surface area contributed by atoms with E-state index < -0.39 is 0 Å². The molecule has 0 aromatic heterocycles. The molecule has 0 saturated heterocycles. The van der Waals surface area contributed by atoms with E-state index in [9.17, 15) is 0 Å². The van der Waals surface area contributed by atoms with E-state index in [-0.39, 0.29) is 23.0 Å². The zero-order valence-corrected chi connectivity index (χ0v) is 31.0. The van der Waals surface area contributed by atoms with Crippen LogP contribution in [0.5, 0.6) is 0 Å². The lowest BCUT2D eigenvalue weighted by Gasteiger charge is -2.46. The van der Waals surface area contributed by atoms with Crippen molar-refractivity contribution >= 4 is 57.2 Å². The molecule has 8 rings (SSSR count). The quantitative estimate of drug-likeness (QED) is 0.173. The highest BCUT2D eigenvalue weighted by Crippen LogP contribution is 2.47. The number of para-hydroxylation sites is 1. The molecule has 2 aliphatic heterocycles. The molecule has 0 bridgehead atoms. The first-order valence-corrected chi connectivity index (χ1v) is 18.4. The Morgan fingerprint density at radius 1 is 0.449 bits per heavy atom. The summed E-state index contributed by atoms with van der Waals surface area (Å²) in [5.41, 5.74) is 19.2. The van der Waals surface area contributed by atoms with Crippen molar-refractivity contribution in [3.05, 3.63) is 125 Å². The molecule has 5 aromatic rings. The molecular formula is C46H51BN2. The van der Waals surface area contributed by atoms with Crippen molar-refractivity contribution in [1.82, 2.24) is 0 Å². The summed E-state index contributed by atoms with van der Waals surface area (Å²) in [5.74, 6) is 0. The first kappa shape index (κ1) is 32.0. The lowest BCUT2D eigenvalue weighted by atomic mass is 9.33. The van der Waals surface area contributed by atoms with Gasteiger partial charge in [-0.25, -0.2) is 0 Å². The molecule has 0 fully saturated rings. The van der Waals surface area contributed by atoms with Crippen LogP contribution in [0.3, 0.4) is 0 Å². The average Bonchev–Trinajstić information content (AvgIpc) is 3.06. The molecule has 0 unspecified atom stereocenters. The summed E-state index contributed by atoms with van der Waals surface area (Å²) < 4.78 is 0. The smallest absolute Gasteiger partial charge is 0.252 e. The molecule has 0 N–H and O–H groups in total. The number of nitrogens with zero attached hydrogens (tertiary/aromatic N) is 2. The second kappa shape index (κ2) is 11.1. The van der Waals surface area contributed by atoms with Crippen molar-refractivity contribution in [3.8, 4) is 0 Å². The minimum Gasteiger partial charge on any atom is -0.311 e. The van der Waals surface area contributed by atoms with Gasteiger partial charge in [-0.1, -0.05) is 111 Å². The Labute approximate surface area is 295 Å². The molecule has 2 nitrogen and oxygen atoms in total. The van der Waals surface area contributed by atoms with Crippen LogP contribution in [0.15, 0.2) is 97.1 Å². The van der Waals surface area contributed by atoms with Gasteiger partial charge in [-0.3, -0.25) is 0 Å². The van der Waals surface area contributed by atoms with Crippen LogP contribution in [0.25, 0.3) is 0 Å². The van der Waals surface area contributed by atoms with Crippen LogP contribution < -0.4 is 26.2 Å². The van der Waals surface area contributed by atoms with Crippen molar-refractivity contribution in [2.45, 2.75) is 104 Å². The van der Waals surface area contributed by atoms with Gasteiger partial charge in [-0.2, -0.15) is 0 Å². The van der Waals surface area contributed by atoms with E-state index in [1.807, 2.05) is 0 Å². The second-order valence-corrected chi connectivity index (χ2v) is 17.8. The van der Waals surface area contributed by atoms with Crippen molar-refractivity contribution in [2.24, 2.45) is 0 Å². The summed E-state index contributed by atoms with van der Waals surface area (Å²) >= 11 is 0. The Hall–Kier alpha value is -4.24. The van der Waals surface area contributed by atoms with E-state index in [0.717, 1.165) is 0 Å². The largest absolute Gasteiger partial charge is 0.311 e. The van der Waals surface area contributed by atoms with Gasteiger partial charge in [0.15, 0.2) is 0 Å². The topological polar surface area (TPSA) is 6.48 Å². The normalized spacial score (nSPS) is 15.4. The van der Waals surface area contributed by atoms with Gasteiger partial charge >= 0.3 is 0 Å². The highest BCUT2D eigenvalue weighted by Gasteiger charge is 2.45. The zero-order chi connectivity index (χ0) is 34.5. The summed E-state index contributed by atoms with van der Waals surface area (Å²) in [6.45, 7) is 21.2. The van der Waals surface area contributed by atoms with Gasteiger partial charge in [0.05, 0.1) is 0 Å². The molecular weight excluding hydrogens is 591 g/mol. The van der Waals surface area contributed by atoms with Crippen molar-refractivity contribution in [2.75, 3.05) is 9.80 Å². The Kier molecular flexibility index (Phi) is 7.27. The number of rotatable bonds is 2. The fourth-order valence-corrected chi connectivity index (χ4v) is 8.37. The van der Waals surface area contributed by atoms with Gasteiger partial charge < -0.3 is 9.80 Å². The van der Waals surface area contributed by atoms with E-state index in [4.69, 9.17) is 0 Å². The second-order valence-electron chi connectivity index (χ2n) is 17.8. The minimum absolute atomic E-state index is 0.0281. The van der Waals surface area contributed by atoms with Gasteiger partial charge in [0.2, 0.25) is 0 Å². The molecule has 1 aliphatic carbocycles. The summed E-state index contributed by atoms with van der Waals surface area (Å²) in [4.78, 5) is 5.20. The fourth-order valence-electron chi connectivity index (χ4n) is 8.37. The maximum absolute atomic E-state index is 2.61. The van der Waals surface area contributed by atoms with Gasteiger partial charge in [0, 0.05) is 34.1 Å². The van der Waals surface area contributed by atoms with Gasteiger partial charge in [-0.05, 0) is 135 Å². The molecule has 0 amide bonds.